The minimum atomic E-state index is 0.227. The maximum absolute atomic E-state index is 4.32. The minimum Gasteiger partial charge on any atom is -0.311 e. The highest BCUT2D eigenvalue weighted by Crippen LogP contribution is 2.28. The molecule has 19 heavy (non-hydrogen) atoms. The van der Waals surface area contributed by atoms with E-state index < -0.39 is 0 Å². The van der Waals surface area contributed by atoms with Crippen LogP contribution in [0.4, 0.5) is 0 Å². The molecule has 0 aliphatic carbocycles. The Kier molecular flexibility index (Phi) is 4.52. The molecule has 0 bridgehead atoms. The van der Waals surface area contributed by atoms with Crippen molar-refractivity contribution in [3.63, 3.8) is 0 Å². The number of nitrogens with one attached hydrogen (secondary N) is 1. The highest BCUT2D eigenvalue weighted by Gasteiger charge is 2.38. The average Bonchev–Trinajstić information content (AvgIpc) is 2.84. The molecule has 108 valence electrons. The van der Waals surface area contributed by atoms with Crippen molar-refractivity contribution in [2.45, 2.75) is 58.2 Å². The van der Waals surface area contributed by atoms with Crippen LogP contribution < -0.4 is 5.32 Å². The van der Waals surface area contributed by atoms with E-state index in [1.54, 1.807) is 0 Å². The van der Waals surface area contributed by atoms with E-state index in [0.717, 1.165) is 44.7 Å². The average molecular weight is 266 g/mol. The monoisotopic (exact) mass is 266 g/mol. The van der Waals surface area contributed by atoms with E-state index in [0.29, 0.717) is 6.04 Å². The standard InChI is InChI=1S/C13H26N6/c1-5-11-8-19(9-12-15-17-18(4)16-12)13(6-2,7-3)10-14-11/h11,14H,5-10H2,1-4H3. The third kappa shape index (κ3) is 2.95. The summed E-state index contributed by atoms with van der Waals surface area (Å²) in [5.74, 6) is 0.825. The Morgan fingerprint density at radius 1 is 1.32 bits per heavy atom. The third-order valence-corrected chi connectivity index (χ3v) is 4.52. The van der Waals surface area contributed by atoms with E-state index in [1.807, 2.05) is 7.05 Å². The van der Waals surface area contributed by atoms with E-state index in [2.05, 4.69) is 46.4 Å². The lowest BCUT2D eigenvalue weighted by atomic mass is 9.87. The number of hydrogen-bond donors (Lipinski definition) is 1. The Bertz CT molecular complexity index is 398. The molecular formula is C13H26N6. The zero-order chi connectivity index (χ0) is 13.9. The molecule has 1 aromatic heterocycles. The predicted octanol–water partition coefficient (Wildman–Crippen LogP) is 0.953. The van der Waals surface area contributed by atoms with Crippen molar-refractivity contribution in [3.05, 3.63) is 5.82 Å². The fraction of sp³-hybridized carbons (Fsp3) is 0.923. The van der Waals surface area contributed by atoms with Crippen molar-refractivity contribution in [2.24, 2.45) is 7.05 Å². The molecule has 6 nitrogen and oxygen atoms in total. The lowest BCUT2D eigenvalue weighted by Crippen LogP contribution is -2.63. The van der Waals surface area contributed by atoms with Crippen molar-refractivity contribution >= 4 is 0 Å². The summed E-state index contributed by atoms with van der Waals surface area (Å²) < 4.78 is 0. The Labute approximate surface area is 115 Å². The Hall–Kier alpha value is -1.01. The summed E-state index contributed by atoms with van der Waals surface area (Å²) in [6.07, 6.45) is 3.45. The molecule has 1 aliphatic rings. The van der Waals surface area contributed by atoms with Crippen LogP contribution in [0, 0.1) is 0 Å². The van der Waals surface area contributed by atoms with E-state index in [-0.39, 0.29) is 5.54 Å². The molecule has 1 atom stereocenters. The van der Waals surface area contributed by atoms with Gasteiger partial charge in [0.15, 0.2) is 5.82 Å². The predicted molar refractivity (Wildman–Crippen MR) is 74.6 cm³/mol. The van der Waals surface area contributed by atoms with Gasteiger partial charge in [-0.3, -0.25) is 4.90 Å². The van der Waals surface area contributed by atoms with E-state index in [4.69, 9.17) is 0 Å². The molecule has 0 saturated carbocycles. The van der Waals surface area contributed by atoms with Gasteiger partial charge >= 0.3 is 0 Å². The lowest BCUT2D eigenvalue weighted by Gasteiger charge is -2.49. The van der Waals surface area contributed by atoms with Crippen LogP contribution >= 0.6 is 0 Å². The number of aryl methyl sites for hydroxylation is 1. The van der Waals surface area contributed by atoms with Crippen molar-refractivity contribution in [1.29, 1.82) is 0 Å². The Balaban J connectivity index is 2.15. The van der Waals surface area contributed by atoms with Gasteiger partial charge in [0.1, 0.15) is 0 Å². The molecule has 1 aromatic rings. The van der Waals surface area contributed by atoms with Crippen molar-refractivity contribution in [3.8, 4) is 0 Å². The molecule has 1 unspecified atom stereocenters. The van der Waals surface area contributed by atoms with Gasteiger partial charge in [0.05, 0.1) is 13.6 Å². The smallest absolute Gasteiger partial charge is 0.188 e. The third-order valence-electron chi connectivity index (χ3n) is 4.52. The number of hydrogen-bond acceptors (Lipinski definition) is 5. The topological polar surface area (TPSA) is 58.9 Å². The van der Waals surface area contributed by atoms with E-state index in [1.165, 1.54) is 4.80 Å². The number of nitrogens with zero attached hydrogens (tertiary/aromatic N) is 5. The van der Waals surface area contributed by atoms with E-state index in [9.17, 15) is 0 Å². The first-order valence-corrected chi connectivity index (χ1v) is 7.34. The molecule has 0 amide bonds. The molecular weight excluding hydrogens is 240 g/mol. The maximum Gasteiger partial charge on any atom is 0.188 e. The molecule has 0 spiro atoms. The second-order valence-corrected chi connectivity index (χ2v) is 5.49. The van der Waals surface area contributed by atoms with Gasteiger partial charge in [-0.15, -0.1) is 10.2 Å². The first-order valence-electron chi connectivity index (χ1n) is 7.34. The number of rotatable bonds is 5. The fourth-order valence-corrected chi connectivity index (χ4v) is 2.98. The summed E-state index contributed by atoms with van der Waals surface area (Å²) >= 11 is 0. The van der Waals surface area contributed by atoms with Crippen LogP contribution in [0.1, 0.15) is 45.9 Å². The van der Waals surface area contributed by atoms with Crippen LogP contribution in [0.5, 0.6) is 0 Å². The van der Waals surface area contributed by atoms with Gasteiger partial charge < -0.3 is 5.32 Å². The second kappa shape index (κ2) is 5.96. The summed E-state index contributed by atoms with van der Waals surface area (Å²) in [4.78, 5) is 4.09. The molecule has 0 radical (unpaired) electrons. The lowest BCUT2D eigenvalue weighted by molar-refractivity contribution is 0.0217. The van der Waals surface area contributed by atoms with Gasteiger partial charge in [0, 0.05) is 24.7 Å². The summed E-state index contributed by atoms with van der Waals surface area (Å²) in [6, 6.07) is 0.572. The zero-order valence-electron chi connectivity index (χ0n) is 12.6. The summed E-state index contributed by atoms with van der Waals surface area (Å²) in [5.41, 5.74) is 0.227. The molecule has 1 fully saturated rings. The van der Waals surface area contributed by atoms with Crippen LogP contribution in [0.3, 0.4) is 0 Å². The normalized spacial score (nSPS) is 23.7. The van der Waals surface area contributed by atoms with Gasteiger partial charge in [0.2, 0.25) is 0 Å². The van der Waals surface area contributed by atoms with Gasteiger partial charge in [0.25, 0.3) is 0 Å². The maximum atomic E-state index is 4.32. The van der Waals surface area contributed by atoms with Crippen molar-refractivity contribution in [2.75, 3.05) is 13.1 Å². The fourth-order valence-electron chi connectivity index (χ4n) is 2.98. The van der Waals surface area contributed by atoms with Crippen molar-refractivity contribution < 1.29 is 0 Å². The van der Waals surface area contributed by atoms with Crippen molar-refractivity contribution in [1.82, 2.24) is 30.4 Å². The summed E-state index contributed by atoms with van der Waals surface area (Å²) in [7, 11) is 1.82. The van der Waals surface area contributed by atoms with Gasteiger partial charge in [-0.2, -0.15) is 4.80 Å². The SMILES string of the molecule is CCC1CN(Cc2nnn(C)n2)C(CC)(CC)CN1. The first kappa shape index (κ1) is 14.4. The number of aromatic nitrogens is 4. The molecule has 1 aliphatic heterocycles. The van der Waals surface area contributed by atoms with Gasteiger partial charge in [-0.1, -0.05) is 20.8 Å². The van der Waals surface area contributed by atoms with Crippen LogP contribution in [-0.4, -0.2) is 49.8 Å². The molecule has 0 aromatic carbocycles. The van der Waals surface area contributed by atoms with Crippen LogP contribution in [0.15, 0.2) is 0 Å². The van der Waals surface area contributed by atoms with E-state index >= 15 is 0 Å². The Morgan fingerprint density at radius 2 is 2.05 bits per heavy atom. The quantitative estimate of drug-likeness (QED) is 0.860. The van der Waals surface area contributed by atoms with Gasteiger partial charge in [-0.05, 0) is 24.5 Å². The first-order chi connectivity index (χ1) is 9.13. The largest absolute Gasteiger partial charge is 0.311 e. The number of tetrazole rings is 1. The van der Waals surface area contributed by atoms with Gasteiger partial charge in [-0.25, -0.2) is 0 Å². The zero-order valence-corrected chi connectivity index (χ0v) is 12.6. The molecule has 2 heterocycles. The summed E-state index contributed by atoms with van der Waals surface area (Å²) in [5, 5.41) is 16.1. The molecule has 6 heteroatoms. The molecule has 1 N–H and O–H groups in total. The van der Waals surface area contributed by atoms with Crippen LogP contribution in [0.25, 0.3) is 0 Å². The molecule has 1 saturated heterocycles. The molecule has 2 rings (SSSR count). The highest BCUT2D eigenvalue weighted by atomic mass is 15.6. The summed E-state index contributed by atoms with van der Waals surface area (Å²) in [6.45, 7) is 9.70. The minimum absolute atomic E-state index is 0.227. The highest BCUT2D eigenvalue weighted by molar-refractivity contribution is 4.98. The van der Waals surface area contributed by atoms with Crippen LogP contribution in [0.2, 0.25) is 0 Å². The number of piperazine rings is 1. The van der Waals surface area contributed by atoms with Crippen LogP contribution in [-0.2, 0) is 13.6 Å². The Morgan fingerprint density at radius 3 is 2.58 bits per heavy atom. The second-order valence-electron chi connectivity index (χ2n) is 5.49.